The topological polar surface area (TPSA) is 78.5 Å². The molecule has 0 aromatic heterocycles. The van der Waals surface area contributed by atoms with E-state index in [9.17, 15) is 14.4 Å². The van der Waals surface area contributed by atoms with Crippen LogP contribution in [-0.2, 0) is 14.4 Å². The molecule has 2 unspecified atom stereocenters. The average Bonchev–Trinajstić information content (AvgIpc) is 2.22. The molecule has 0 aromatic rings. The van der Waals surface area contributed by atoms with Crippen LogP contribution in [0.4, 0.5) is 0 Å². The number of carbonyl (C=O) groups excluding carboxylic acids is 3. The molecule has 2 atom stereocenters. The van der Waals surface area contributed by atoms with Gasteiger partial charge in [-0.15, -0.1) is 0 Å². The van der Waals surface area contributed by atoms with Gasteiger partial charge in [-0.05, 0) is 14.0 Å². The van der Waals surface area contributed by atoms with E-state index < -0.39 is 17.9 Å². The summed E-state index contributed by atoms with van der Waals surface area (Å²) < 4.78 is 0. The minimum atomic E-state index is -0.579. The molecule has 0 bridgehead atoms. The molecular formula is C10H17N3O3. The molecule has 1 heterocycles. The van der Waals surface area contributed by atoms with Gasteiger partial charge in [0, 0.05) is 12.5 Å². The van der Waals surface area contributed by atoms with E-state index in [-0.39, 0.29) is 18.4 Å². The minimum absolute atomic E-state index is 0.0419. The number of amides is 3. The molecule has 1 rings (SSSR count). The van der Waals surface area contributed by atoms with E-state index in [1.54, 1.807) is 20.9 Å². The number of hydrogen-bond acceptors (Lipinski definition) is 4. The third-order valence-electron chi connectivity index (χ3n) is 2.64. The summed E-state index contributed by atoms with van der Waals surface area (Å²) in [6, 6.07) is -0.579. The van der Waals surface area contributed by atoms with Gasteiger partial charge in [-0.3, -0.25) is 19.7 Å². The van der Waals surface area contributed by atoms with Crippen LogP contribution in [0.2, 0.25) is 0 Å². The zero-order valence-corrected chi connectivity index (χ0v) is 9.74. The first kappa shape index (κ1) is 12.6. The second-order valence-electron chi connectivity index (χ2n) is 4.01. The Balaban J connectivity index is 2.73. The summed E-state index contributed by atoms with van der Waals surface area (Å²) in [4.78, 5) is 35.8. The molecule has 90 valence electrons. The van der Waals surface area contributed by atoms with Crippen LogP contribution in [0.3, 0.4) is 0 Å². The Hall–Kier alpha value is -1.43. The average molecular weight is 227 g/mol. The second-order valence-corrected chi connectivity index (χ2v) is 4.01. The third kappa shape index (κ3) is 2.57. The lowest BCUT2D eigenvalue weighted by molar-refractivity contribution is -0.151. The second kappa shape index (κ2) is 5.07. The van der Waals surface area contributed by atoms with Gasteiger partial charge in [-0.25, -0.2) is 0 Å². The molecule has 0 spiro atoms. The van der Waals surface area contributed by atoms with Crippen LogP contribution in [0.15, 0.2) is 0 Å². The number of carbonyl (C=O) groups is 3. The molecule has 0 saturated carbocycles. The highest BCUT2D eigenvalue weighted by Gasteiger charge is 2.34. The smallest absolute Gasteiger partial charge is 0.249 e. The predicted octanol–water partition coefficient (Wildman–Crippen LogP) is -1.28. The van der Waals surface area contributed by atoms with Crippen LogP contribution in [0.5, 0.6) is 0 Å². The van der Waals surface area contributed by atoms with Crippen molar-refractivity contribution in [3.05, 3.63) is 0 Å². The molecule has 3 amide bonds. The summed E-state index contributed by atoms with van der Waals surface area (Å²) in [5.41, 5.74) is 0. The zero-order chi connectivity index (χ0) is 12.3. The number of rotatable bonds is 3. The molecular weight excluding hydrogens is 210 g/mol. The number of hydrogen-bond donors (Lipinski definition) is 2. The summed E-state index contributed by atoms with van der Waals surface area (Å²) in [6.07, 6.45) is 0. The highest BCUT2D eigenvalue weighted by Crippen LogP contribution is 2.09. The van der Waals surface area contributed by atoms with Gasteiger partial charge >= 0.3 is 0 Å². The third-order valence-corrected chi connectivity index (χ3v) is 2.64. The maximum absolute atomic E-state index is 11.9. The van der Waals surface area contributed by atoms with Crippen LogP contribution in [0.1, 0.15) is 13.8 Å². The summed E-state index contributed by atoms with van der Waals surface area (Å²) in [7, 11) is 1.75. The minimum Gasteiger partial charge on any atom is -0.321 e. The lowest BCUT2D eigenvalue weighted by atomic mass is 10.1. The largest absolute Gasteiger partial charge is 0.321 e. The van der Waals surface area contributed by atoms with E-state index in [4.69, 9.17) is 0 Å². The van der Waals surface area contributed by atoms with Crippen molar-refractivity contribution in [3.8, 4) is 0 Å². The lowest BCUT2D eigenvalue weighted by Gasteiger charge is -2.33. The quantitative estimate of drug-likeness (QED) is 0.588. The van der Waals surface area contributed by atoms with Gasteiger partial charge in [-0.1, -0.05) is 6.92 Å². The van der Waals surface area contributed by atoms with E-state index >= 15 is 0 Å². The predicted molar refractivity (Wildman–Crippen MR) is 57.4 cm³/mol. The van der Waals surface area contributed by atoms with Crippen LogP contribution >= 0.6 is 0 Å². The summed E-state index contributed by atoms with van der Waals surface area (Å²) in [5.74, 6) is -1.26. The summed E-state index contributed by atoms with van der Waals surface area (Å²) in [6.45, 7) is 3.87. The standard InChI is InChI=1S/C10H17N3O3/c1-6(4-11-3)10(16)13-5-8(14)12-9(15)7(13)2/h6-7,11H,4-5H2,1-3H3,(H,12,14,15). The maximum atomic E-state index is 11.9. The first-order chi connectivity index (χ1) is 7.47. The monoisotopic (exact) mass is 227 g/mol. The van der Waals surface area contributed by atoms with E-state index in [1.807, 2.05) is 0 Å². The van der Waals surface area contributed by atoms with Crippen LogP contribution in [0, 0.1) is 5.92 Å². The van der Waals surface area contributed by atoms with Crippen LogP contribution < -0.4 is 10.6 Å². The zero-order valence-electron chi connectivity index (χ0n) is 9.74. The highest BCUT2D eigenvalue weighted by molar-refractivity contribution is 6.04. The first-order valence-corrected chi connectivity index (χ1v) is 5.26. The summed E-state index contributed by atoms with van der Waals surface area (Å²) in [5, 5.41) is 5.09. The Bertz CT molecular complexity index is 316. The van der Waals surface area contributed by atoms with Gasteiger partial charge in [0.05, 0.1) is 0 Å². The molecule has 1 saturated heterocycles. The van der Waals surface area contributed by atoms with Crippen molar-refractivity contribution in [1.82, 2.24) is 15.5 Å². The fraction of sp³-hybridized carbons (Fsp3) is 0.700. The van der Waals surface area contributed by atoms with Gasteiger partial charge in [-0.2, -0.15) is 0 Å². The molecule has 1 fully saturated rings. The van der Waals surface area contributed by atoms with Crippen molar-refractivity contribution in [3.63, 3.8) is 0 Å². The van der Waals surface area contributed by atoms with Gasteiger partial charge in [0.15, 0.2) is 0 Å². The highest BCUT2D eigenvalue weighted by atomic mass is 16.2. The maximum Gasteiger partial charge on any atom is 0.249 e. The SMILES string of the molecule is CNCC(C)C(=O)N1CC(=O)NC(=O)C1C. The molecule has 16 heavy (non-hydrogen) atoms. The van der Waals surface area contributed by atoms with Crippen molar-refractivity contribution < 1.29 is 14.4 Å². The number of imide groups is 1. The fourth-order valence-electron chi connectivity index (χ4n) is 1.66. The van der Waals surface area contributed by atoms with E-state index in [0.29, 0.717) is 6.54 Å². The molecule has 6 heteroatoms. The van der Waals surface area contributed by atoms with Gasteiger partial charge in [0.2, 0.25) is 17.7 Å². The van der Waals surface area contributed by atoms with E-state index in [2.05, 4.69) is 10.6 Å². The van der Waals surface area contributed by atoms with Gasteiger partial charge in [0.1, 0.15) is 12.6 Å². The first-order valence-electron chi connectivity index (χ1n) is 5.26. The van der Waals surface area contributed by atoms with Crippen LogP contribution in [0.25, 0.3) is 0 Å². The Kier molecular flexibility index (Phi) is 4.00. The van der Waals surface area contributed by atoms with Crippen molar-refractivity contribution in [1.29, 1.82) is 0 Å². The number of nitrogens with one attached hydrogen (secondary N) is 2. The van der Waals surface area contributed by atoms with Gasteiger partial charge < -0.3 is 10.2 Å². The van der Waals surface area contributed by atoms with E-state index in [0.717, 1.165) is 0 Å². The Morgan fingerprint density at radius 3 is 2.81 bits per heavy atom. The van der Waals surface area contributed by atoms with Crippen molar-refractivity contribution in [2.75, 3.05) is 20.1 Å². The van der Waals surface area contributed by atoms with Crippen molar-refractivity contribution in [2.24, 2.45) is 5.92 Å². The lowest BCUT2D eigenvalue weighted by Crippen LogP contribution is -2.59. The van der Waals surface area contributed by atoms with Crippen molar-refractivity contribution in [2.45, 2.75) is 19.9 Å². The number of nitrogens with zero attached hydrogens (tertiary/aromatic N) is 1. The molecule has 0 radical (unpaired) electrons. The van der Waals surface area contributed by atoms with E-state index in [1.165, 1.54) is 4.90 Å². The van der Waals surface area contributed by atoms with Crippen molar-refractivity contribution >= 4 is 17.7 Å². The normalized spacial score (nSPS) is 22.9. The Morgan fingerprint density at radius 1 is 1.62 bits per heavy atom. The van der Waals surface area contributed by atoms with Gasteiger partial charge in [0.25, 0.3) is 0 Å². The number of piperazine rings is 1. The Morgan fingerprint density at radius 2 is 2.25 bits per heavy atom. The van der Waals surface area contributed by atoms with Crippen LogP contribution in [-0.4, -0.2) is 48.8 Å². The molecule has 0 aromatic carbocycles. The molecule has 2 N–H and O–H groups in total. The molecule has 0 aliphatic carbocycles. The fourth-order valence-corrected chi connectivity index (χ4v) is 1.66. The molecule has 1 aliphatic rings. The summed E-state index contributed by atoms with van der Waals surface area (Å²) >= 11 is 0. The molecule has 6 nitrogen and oxygen atoms in total. The Labute approximate surface area is 94.4 Å². The molecule has 1 aliphatic heterocycles.